The van der Waals surface area contributed by atoms with Gasteiger partial charge in [-0.2, -0.15) is 4.98 Å². The largest absolute Gasteiger partial charge is 0.376 e. The molecule has 0 saturated heterocycles. The van der Waals surface area contributed by atoms with Crippen LogP contribution in [0.3, 0.4) is 0 Å². The lowest BCUT2D eigenvalue weighted by Gasteiger charge is -2.20. The van der Waals surface area contributed by atoms with Crippen molar-refractivity contribution in [3.05, 3.63) is 35.7 Å². The van der Waals surface area contributed by atoms with E-state index in [0.717, 1.165) is 11.1 Å². The first kappa shape index (κ1) is 14.6. The van der Waals surface area contributed by atoms with Gasteiger partial charge in [-0.25, -0.2) is 0 Å². The van der Waals surface area contributed by atoms with Crippen LogP contribution in [0.2, 0.25) is 0 Å². The van der Waals surface area contributed by atoms with Crippen molar-refractivity contribution in [3.8, 4) is 11.5 Å². The fourth-order valence-electron chi connectivity index (χ4n) is 2.05. The van der Waals surface area contributed by atoms with Gasteiger partial charge in [0.2, 0.25) is 0 Å². The summed E-state index contributed by atoms with van der Waals surface area (Å²) in [6, 6.07) is 7.45. The third-order valence-electron chi connectivity index (χ3n) is 3.15. The number of methoxy groups -OCH3 is 1. The highest BCUT2D eigenvalue weighted by atomic mass is 19.1. The van der Waals surface area contributed by atoms with Crippen LogP contribution in [0.15, 0.2) is 28.8 Å². The Bertz CT molecular complexity index is 542. The highest BCUT2D eigenvalue weighted by Crippen LogP contribution is 2.27. The molecule has 1 unspecified atom stereocenters. The summed E-state index contributed by atoms with van der Waals surface area (Å²) >= 11 is 0. The minimum atomic E-state index is -0.427. The van der Waals surface area contributed by atoms with E-state index in [1.807, 2.05) is 31.2 Å². The van der Waals surface area contributed by atoms with Crippen molar-refractivity contribution in [1.82, 2.24) is 10.1 Å². The maximum atomic E-state index is 12.8. The highest BCUT2D eigenvalue weighted by Gasteiger charge is 2.19. The first-order valence-corrected chi connectivity index (χ1v) is 6.41. The van der Waals surface area contributed by atoms with Crippen LogP contribution in [0.25, 0.3) is 11.5 Å². The van der Waals surface area contributed by atoms with E-state index in [0.29, 0.717) is 11.7 Å². The summed E-state index contributed by atoms with van der Waals surface area (Å²) in [6.07, 6.45) is -0.267. The lowest BCUT2D eigenvalue weighted by molar-refractivity contribution is 0.0479. The molecule has 108 valence electrons. The van der Waals surface area contributed by atoms with E-state index in [1.54, 1.807) is 7.11 Å². The third kappa shape index (κ3) is 3.02. The summed E-state index contributed by atoms with van der Waals surface area (Å²) in [4.78, 5) is 4.15. The molecule has 1 aromatic carbocycles. The fraction of sp³-hybridized carbons (Fsp3) is 0.429. The highest BCUT2D eigenvalue weighted by molar-refractivity contribution is 5.53. The second-order valence-electron chi connectivity index (χ2n) is 4.63. The van der Waals surface area contributed by atoms with Crippen LogP contribution in [0.5, 0.6) is 0 Å². The Morgan fingerprint density at radius 1 is 1.35 bits per heavy atom. The van der Waals surface area contributed by atoms with Gasteiger partial charge in [-0.3, -0.25) is 4.39 Å². The predicted molar refractivity (Wildman–Crippen MR) is 72.5 cm³/mol. The number of benzene rings is 1. The first-order chi connectivity index (χ1) is 9.69. The van der Waals surface area contributed by atoms with Gasteiger partial charge in [-0.15, -0.1) is 0 Å². The number of nitrogens with zero attached hydrogens (tertiary/aromatic N) is 2. The maximum absolute atomic E-state index is 12.8. The molecule has 0 aliphatic rings. The number of ether oxygens (including phenoxy) is 1. The molecule has 0 aliphatic carbocycles. The summed E-state index contributed by atoms with van der Waals surface area (Å²) in [5.41, 5.74) is 7.15. The molecule has 2 N–H and O–H groups in total. The second kappa shape index (κ2) is 6.58. The van der Waals surface area contributed by atoms with E-state index in [2.05, 4.69) is 10.1 Å². The molecule has 2 atom stereocenters. The molecular formula is C14H18FN3O2. The van der Waals surface area contributed by atoms with Gasteiger partial charge in [0.15, 0.2) is 5.82 Å². The normalized spacial score (nSPS) is 14.2. The van der Waals surface area contributed by atoms with Crippen molar-refractivity contribution < 1.29 is 13.7 Å². The van der Waals surface area contributed by atoms with Crippen LogP contribution in [0, 0.1) is 5.92 Å². The van der Waals surface area contributed by atoms with Crippen LogP contribution in [-0.2, 0) is 11.3 Å². The number of hydrogen-bond acceptors (Lipinski definition) is 5. The minimum absolute atomic E-state index is 0.196. The quantitative estimate of drug-likeness (QED) is 0.879. The van der Waals surface area contributed by atoms with Crippen molar-refractivity contribution in [3.63, 3.8) is 0 Å². The Hall–Kier alpha value is -1.79. The number of rotatable bonds is 6. The predicted octanol–water partition coefficient (Wildman–Crippen LogP) is 2.49. The molecule has 1 heterocycles. The van der Waals surface area contributed by atoms with Crippen molar-refractivity contribution in [2.75, 3.05) is 13.8 Å². The van der Waals surface area contributed by atoms with E-state index in [4.69, 9.17) is 15.0 Å². The van der Waals surface area contributed by atoms with Crippen LogP contribution in [0.4, 0.5) is 4.39 Å². The summed E-state index contributed by atoms with van der Waals surface area (Å²) in [6.45, 7) is 1.62. The van der Waals surface area contributed by atoms with Gasteiger partial charge >= 0.3 is 0 Å². The Morgan fingerprint density at radius 3 is 2.55 bits per heavy atom. The number of aromatic nitrogens is 2. The third-order valence-corrected chi connectivity index (χ3v) is 3.15. The summed E-state index contributed by atoms with van der Waals surface area (Å²) in [7, 11) is 1.58. The number of halogens is 1. The van der Waals surface area contributed by atoms with Gasteiger partial charge in [0, 0.05) is 18.6 Å². The molecule has 0 radical (unpaired) electrons. The molecule has 0 aliphatic heterocycles. The van der Waals surface area contributed by atoms with Gasteiger partial charge in [0.1, 0.15) is 0 Å². The lowest BCUT2D eigenvalue weighted by Crippen LogP contribution is -2.13. The number of hydrogen-bond donors (Lipinski definition) is 1. The minimum Gasteiger partial charge on any atom is -0.376 e. The average Bonchev–Trinajstić information content (AvgIpc) is 2.97. The molecular weight excluding hydrogens is 261 g/mol. The zero-order valence-corrected chi connectivity index (χ0v) is 11.5. The van der Waals surface area contributed by atoms with Gasteiger partial charge in [0.05, 0.1) is 19.3 Å². The molecule has 0 fully saturated rings. The maximum Gasteiger partial charge on any atom is 0.257 e. The monoisotopic (exact) mass is 279 g/mol. The summed E-state index contributed by atoms with van der Waals surface area (Å²) < 4.78 is 23.2. The van der Waals surface area contributed by atoms with Crippen LogP contribution < -0.4 is 5.73 Å². The Kier molecular flexibility index (Phi) is 4.81. The van der Waals surface area contributed by atoms with E-state index in [-0.39, 0.29) is 18.6 Å². The second-order valence-corrected chi connectivity index (χ2v) is 4.63. The van der Waals surface area contributed by atoms with Gasteiger partial charge in [-0.1, -0.05) is 24.2 Å². The molecule has 1 aromatic heterocycles. The van der Waals surface area contributed by atoms with E-state index < -0.39 is 6.67 Å². The zero-order chi connectivity index (χ0) is 14.5. The molecule has 0 bridgehead atoms. The fourth-order valence-corrected chi connectivity index (χ4v) is 2.05. The molecule has 5 nitrogen and oxygen atoms in total. The van der Waals surface area contributed by atoms with Crippen LogP contribution >= 0.6 is 0 Å². The average molecular weight is 279 g/mol. The van der Waals surface area contributed by atoms with E-state index in [1.165, 1.54) is 0 Å². The van der Waals surface area contributed by atoms with Crippen LogP contribution in [0.1, 0.15) is 24.4 Å². The molecule has 2 rings (SSSR count). The Labute approximate surface area is 116 Å². The number of nitrogens with two attached hydrogens (primary N) is 1. The SMILES string of the molecule is COC(c1ccc(-c2nc(CN)no2)cc1)[C@H](C)CF. The molecule has 0 saturated carbocycles. The van der Waals surface area contributed by atoms with Gasteiger partial charge in [-0.05, 0) is 17.7 Å². The van der Waals surface area contributed by atoms with Gasteiger partial charge in [0.25, 0.3) is 5.89 Å². The smallest absolute Gasteiger partial charge is 0.257 e. The molecule has 6 heteroatoms. The lowest BCUT2D eigenvalue weighted by atomic mass is 9.97. The molecule has 0 amide bonds. The van der Waals surface area contributed by atoms with E-state index >= 15 is 0 Å². The zero-order valence-electron chi connectivity index (χ0n) is 11.5. The summed E-state index contributed by atoms with van der Waals surface area (Å²) in [5, 5.41) is 3.74. The molecule has 2 aromatic rings. The first-order valence-electron chi connectivity index (χ1n) is 6.41. The standard InChI is InChI=1S/C14H18FN3O2/c1-9(7-15)13(19-2)10-3-5-11(6-4-10)14-17-12(8-16)18-20-14/h3-6,9,13H,7-8,16H2,1-2H3/t9-,13?/m1/s1. The van der Waals surface area contributed by atoms with E-state index in [9.17, 15) is 4.39 Å². The van der Waals surface area contributed by atoms with Gasteiger partial charge < -0.3 is 15.0 Å². The molecule has 20 heavy (non-hydrogen) atoms. The Balaban J connectivity index is 2.20. The van der Waals surface area contributed by atoms with Crippen molar-refractivity contribution in [1.29, 1.82) is 0 Å². The van der Waals surface area contributed by atoms with Crippen molar-refractivity contribution in [2.24, 2.45) is 11.7 Å². The Morgan fingerprint density at radius 2 is 2.05 bits per heavy atom. The topological polar surface area (TPSA) is 74.2 Å². The van der Waals surface area contributed by atoms with Crippen LogP contribution in [-0.4, -0.2) is 23.9 Å². The van der Waals surface area contributed by atoms with Crippen molar-refractivity contribution in [2.45, 2.75) is 19.6 Å². The number of alkyl halides is 1. The molecule has 0 spiro atoms. The summed E-state index contributed by atoms with van der Waals surface area (Å²) in [5.74, 6) is 0.688. The van der Waals surface area contributed by atoms with Crippen molar-refractivity contribution >= 4 is 0 Å².